The highest BCUT2D eigenvalue weighted by Gasteiger charge is 2.31. The van der Waals surface area contributed by atoms with Crippen LogP contribution < -0.4 is 15.4 Å². The van der Waals surface area contributed by atoms with Gasteiger partial charge < -0.3 is 19.4 Å². The molecule has 2 aliphatic rings. The number of piperazine rings is 1. The number of anilines is 2. The van der Waals surface area contributed by atoms with E-state index < -0.39 is 11.7 Å². The number of ether oxygens (including phenoxy) is 1. The van der Waals surface area contributed by atoms with E-state index in [2.05, 4.69) is 9.97 Å². The summed E-state index contributed by atoms with van der Waals surface area (Å²) in [5.74, 6) is 0.436. The molecule has 0 unspecified atom stereocenters. The monoisotopic (exact) mass is 479 g/mol. The van der Waals surface area contributed by atoms with E-state index in [1.807, 2.05) is 9.80 Å². The summed E-state index contributed by atoms with van der Waals surface area (Å²) in [6.45, 7) is 5.98. The standard InChI is InChI=1S/C23H28F3N5O3/c1-16-19(21(33)28-22(27-16)31-11-13-34-14-12-31)5-6-20(32)30-9-7-29(8-10-30)18-4-2-3-17(15-18)23(24,25)26/h2-4,15H,5-14H2,1H3,(H,27,28,33). The van der Waals surface area contributed by atoms with Gasteiger partial charge in [-0.05, 0) is 31.5 Å². The van der Waals surface area contributed by atoms with Crippen LogP contribution in [0.15, 0.2) is 29.1 Å². The minimum absolute atomic E-state index is 0.0836. The first-order valence-corrected chi connectivity index (χ1v) is 11.3. The molecule has 4 rings (SSSR count). The quantitative estimate of drug-likeness (QED) is 0.709. The van der Waals surface area contributed by atoms with Crippen LogP contribution in [0.3, 0.4) is 0 Å². The topological polar surface area (TPSA) is 81.8 Å². The lowest BCUT2D eigenvalue weighted by molar-refractivity contribution is -0.137. The lowest BCUT2D eigenvalue weighted by Crippen LogP contribution is -2.49. The van der Waals surface area contributed by atoms with Crippen LogP contribution in [0.1, 0.15) is 23.2 Å². The molecule has 3 heterocycles. The van der Waals surface area contributed by atoms with Crippen LogP contribution in [0.4, 0.5) is 24.8 Å². The number of hydrogen-bond donors (Lipinski definition) is 1. The maximum absolute atomic E-state index is 13.0. The molecule has 0 saturated carbocycles. The molecule has 34 heavy (non-hydrogen) atoms. The third kappa shape index (κ3) is 5.52. The van der Waals surface area contributed by atoms with E-state index in [9.17, 15) is 22.8 Å². The van der Waals surface area contributed by atoms with Gasteiger partial charge in [0.25, 0.3) is 5.56 Å². The van der Waals surface area contributed by atoms with E-state index >= 15 is 0 Å². The van der Waals surface area contributed by atoms with Crippen molar-refractivity contribution in [3.63, 3.8) is 0 Å². The van der Waals surface area contributed by atoms with Crippen molar-refractivity contribution in [2.45, 2.75) is 25.9 Å². The Balaban J connectivity index is 1.32. The molecular formula is C23H28F3N5O3. The Morgan fingerprint density at radius 2 is 1.79 bits per heavy atom. The molecule has 11 heteroatoms. The normalized spacial score (nSPS) is 17.2. The molecule has 0 spiro atoms. The maximum Gasteiger partial charge on any atom is 0.416 e. The molecule has 2 aromatic rings. The third-order valence-electron chi connectivity index (χ3n) is 6.28. The summed E-state index contributed by atoms with van der Waals surface area (Å²) in [6.07, 6.45) is -3.94. The van der Waals surface area contributed by atoms with E-state index in [0.717, 1.165) is 12.1 Å². The number of rotatable bonds is 5. The number of morpholine rings is 1. The summed E-state index contributed by atoms with van der Waals surface area (Å²) in [7, 11) is 0. The highest BCUT2D eigenvalue weighted by atomic mass is 19.4. The summed E-state index contributed by atoms with van der Waals surface area (Å²) in [4.78, 5) is 38.2. The van der Waals surface area contributed by atoms with Gasteiger partial charge in [-0.3, -0.25) is 14.6 Å². The van der Waals surface area contributed by atoms with Crippen molar-refractivity contribution in [1.82, 2.24) is 14.9 Å². The molecule has 1 N–H and O–H groups in total. The molecule has 0 radical (unpaired) electrons. The average molecular weight is 480 g/mol. The number of halogens is 3. The number of alkyl halides is 3. The largest absolute Gasteiger partial charge is 0.416 e. The number of aromatic nitrogens is 2. The van der Waals surface area contributed by atoms with Crippen molar-refractivity contribution in [2.75, 3.05) is 62.3 Å². The highest BCUT2D eigenvalue weighted by molar-refractivity contribution is 5.77. The van der Waals surface area contributed by atoms with Crippen molar-refractivity contribution in [3.05, 3.63) is 51.4 Å². The number of benzene rings is 1. The molecule has 2 fully saturated rings. The SMILES string of the molecule is Cc1nc(N2CCOCC2)[nH]c(=O)c1CCC(=O)N1CCN(c2cccc(C(F)(F)F)c2)CC1. The molecule has 0 aliphatic carbocycles. The molecule has 1 amide bonds. The fraction of sp³-hybridized carbons (Fsp3) is 0.522. The van der Waals surface area contributed by atoms with Gasteiger partial charge in [-0.1, -0.05) is 6.07 Å². The van der Waals surface area contributed by atoms with Crippen molar-refractivity contribution in [3.8, 4) is 0 Å². The number of aryl methyl sites for hydroxylation is 1. The second-order valence-electron chi connectivity index (χ2n) is 8.47. The van der Waals surface area contributed by atoms with Gasteiger partial charge in [0.2, 0.25) is 11.9 Å². The van der Waals surface area contributed by atoms with Gasteiger partial charge in [-0.15, -0.1) is 0 Å². The molecule has 0 atom stereocenters. The Morgan fingerprint density at radius 3 is 2.44 bits per heavy atom. The van der Waals surface area contributed by atoms with Crippen LogP contribution in [0, 0.1) is 6.92 Å². The van der Waals surface area contributed by atoms with Crippen molar-refractivity contribution in [1.29, 1.82) is 0 Å². The summed E-state index contributed by atoms with van der Waals surface area (Å²) in [6, 6.07) is 5.23. The summed E-state index contributed by atoms with van der Waals surface area (Å²) >= 11 is 0. The van der Waals surface area contributed by atoms with Gasteiger partial charge in [0.05, 0.1) is 18.8 Å². The van der Waals surface area contributed by atoms with E-state index in [4.69, 9.17) is 4.74 Å². The van der Waals surface area contributed by atoms with Gasteiger partial charge in [-0.2, -0.15) is 13.2 Å². The first kappa shape index (κ1) is 24.1. The molecule has 1 aromatic heterocycles. The fourth-order valence-corrected chi connectivity index (χ4v) is 4.30. The van der Waals surface area contributed by atoms with Crippen LogP contribution in [0.5, 0.6) is 0 Å². The van der Waals surface area contributed by atoms with Crippen LogP contribution >= 0.6 is 0 Å². The van der Waals surface area contributed by atoms with Gasteiger partial charge in [0, 0.05) is 62.6 Å². The Hall–Kier alpha value is -3.08. The first-order valence-electron chi connectivity index (χ1n) is 11.3. The Kier molecular flexibility index (Phi) is 7.11. The van der Waals surface area contributed by atoms with Crippen LogP contribution in [0.2, 0.25) is 0 Å². The highest BCUT2D eigenvalue weighted by Crippen LogP contribution is 2.31. The fourth-order valence-electron chi connectivity index (χ4n) is 4.30. The number of H-pyrrole nitrogens is 1. The molecular weight excluding hydrogens is 451 g/mol. The molecule has 2 aliphatic heterocycles. The van der Waals surface area contributed by atoms with Gasteiger partial charge in [-0.25, -0.2) is 4.98 Å². The van der Waals surface area contributed by atoms with Gasteiger partial charge >= 0.3 is 6.18 Å². The number of nitrogens with zero attached hydrogens (tertiary/aromatic N) is 4. The first-order chi connectivity index (χ1) is 16.2. The van der Waals surface area contributed by atoms with E-state index in [-0.39, 0.29) is 24.3 Å². The zero-order chi connectivity index (χ0) is 24.3. The summed E-state index contributed by atoms with van der Waals surface area (Å²) < 4.78 is 44.3. The number of aromatic amines is 1. The van der Waals surface area contributed by atoms with Gasteiger partial charge in [0.1, 0.15) is 0 Å². The van der Waals surface area contributed by atoms with E-state index in [1.165, 1.54) is 6.07 Å². The predicted molar refractivity (Wildman–Crippen MR) is 121 cm³/mol. The van der Waals surface area contributed by atoms with Crippen molar-refractivity contribution < 1.29 is 22.7 Å². The average Bonchev–Trinajstić information content (AvgIpc) is 2.83. The minimum atomic E-state index is -4.39. The minimum Gasteiger partial charge on any atom is -0.378 e. The van der Waals surface area contributed by atoms with Crippen molar-refractivity contribution in [2.24, 2.45) is 0 Å². The Labute approximate surface area is 195 Å². The zero-order valence-electron chi connectivity index (χ0n) is 19.0. The number of amides is 1. The Morgan fingerprint density at radius 1 is 1.09 bits per heavy atom. The summed E-state index contributed by atoms with van der Waals surface area (Å²) in [5.41, 5.74) is 0.671. The zero-order valence-corrected chi connectivity index (χ0v) is 19.0. The van der Waals surface area contributed by atoms with Gasteiger partial charge in [0.15, 0.2) is 0 Å². The number of carbonyl (C=O) groups is 1. The van der Waals surface area contributed by atoms with E-state index in [0.29, 0.717) is 75.4 Å². The second kappa shape index (κ2) is 10.0. The predicted octanol–water partition coefficient (Wildman–Crippen LogP) is 2.22. The number of hydrogen-bond acceptors (Lipinski definition) is 6. The molecule has 184 valence electrons. The van der Waals surface area contributed by atoms with Crippen LogP contribution in [-0.2, 0) is 22.1 Å². The second-order valence-corrected chi connectivity index (χ2v) is 8.47. The molecule has 0 bridgehead atoms. The molecule has 8 nitrogen and oxygen atoms in total. The lowest BCUT2D eigenvalue weighted by Gasteiger charge is -2.36. The van der Waals surface area contributed by atoms with Crippen LogP contribution in [0.25, 0.3) is 0 Å². The summed E-state index contributed by atoms with van der Waals surface area (Å²) in [5, 5.41) is 0. The number of nitrogens with one attached hydrogen (secondary N) is 1. The maximum atomic E-state index is 13.0. The third-order valence-corrected chi connectivity index (χ3v) is 6.28. The van der Waals surface area contributed by atoms with Crippen LogP contribution in [-0.4, -0.2) is 73.3 Å². The smallest absolute Gasteiger partial charge is 0.378 e. The number of carbonyl (C=O) groups excluding carboxylic acids is 1. The molecule has 1 aromatic carbocycles. The lowest BCUT2D eigenvalue weighted by atomic mass is 10.1. The van der Waals surface area contributed by atoms with E-state index in [1.54, 1.807) is 17.9 Å². The Bertz CT molecular complexity index is 1070. The van der Waals surface area contributed by atoms with Crippen molar-refractivity contribution >= 4 is 17.5 Å². The molecule has 2 saturated heterocycles.